The van der Waals surface area contributed by atoms with Gasteiger partial charge in [0.25, 0.3) is 0 Å². The van der Waals surface area contributed by atoms with Crippen molar-refractivity contribution < 1.29 is 9.53 Å². The van der Waals surface area contributed by atoms with Crippen LogP contribution in [-0.4, -0.2) is 25.8 Å². The predicted molar refractivity (Wildman–Crippen MR) is 92.3 cm³/mol. The van der Waals surface area contributed by atoms with Crippen molar-refractivity contribution in [3.05, 3.63) is 52.2 Å². The van der Waals surface area contributed by atoms with Gasteiger partial charge in [0.05, 0.1) is 16.7 Å². The van der Waals surface area contributed by atoms with Gasteiger partial charge in [-0.15, -0.1) is 0 Å². The Morgan fingerprint density at radius 1 is 1.45 bits per heavy atom. The van der Waals surface area contributed by atoms with Gasteiger partial charge in [0, 0.05) is 36.5 Å². The van der Waals surface area contributed by atoms with Crippen molar-refractivity contribution in [1.29, 1.82) is 0 Å². The van der Waals surface area contributed by atoms with Crippen LogP contribution in [0.4, 0.5) is 0 Å². The second-order valence-corrected chi connectivity index (χ2v) is 5.48. The second-order valence-electron chi connectivity index (χ2n) is 4.66. The minimum atomic E-state index is -0.238. The van der Waals surface area contributed by atoms with Gasteiger partial charge in [-0.2, -0.15) is 0 Å². The summed E-state index contributed by atoms with van der Waals surface area (Å²) in [6, 6.07) is 5.32. The van der Waals surface area contributed by atoms with E-state index in [9.17, 15) is 4.79 Å². The average molecular weight is 341 g/mol. The number of aliphatic imine (C=N–C) groups is 1. The smallest absolute Gasteiger partial charge is 0.333 e. The van der Waals surface area contributed by atoms with E-state index in [2.05, 4.69) is 16.3 Å². The molecule has 1 unspecified atom stereocenters. The lowest BCUT2D eigenvalue weighted by atomic mass is 10.1. The molecule has 22 heavy (non-hydrogen) atoms. The summed E-state index contributed by atoms with van der Waals surface area (Å²) in [5.41, 5.74) is 7.76. The molecule has 0 aromatic heterocycles. The van der Waals surface area contributed by atoms with E-state index in [1.54, 1.807) is 25.4 Å². The van der Waals surface area contributed by atoms with E-state index in [-0.39, 0.29) is 11.9 Å². The van der Waals surface area contributed by atoms with Crippen LogP contribution in [0.15, 0.2) is 41.5 Å². The number of allylic oxidation sites excluding steroid dienone is 1. The van der Waals surface area contributed by atoms with Crippen molar-refractivity contribution in [2.75, 3.05) is 13.7 Å². The van der Waals surface area contributed by atoms with Gasteiger partial charge in [0.2, 0.25) is 0 Å². The Kier molecular flexibility index (Phi) is 7.15. The Hall–Kier alpha value is -1.78. The summed E-state index contributed by atoms with van der Waals surface area (Å²) in [7, 11) is 1.68. The Labute approximate surface area is 140 Å². The van der Waals surface area contributed by atoms with Gasteiger partial charge in [-0.3, -0.25) is 4.99 Å². The highest BCUT2D eigenvalue weighted by molar-refractivity contribution is 6.42. The number of hydrogen-bond donors (Lipinski definition) is 1. The van der Waals surface area contributed by atoms with Gasteiger partial charge >= 0.3 is 5.97 Å². The molecule has 0 amide bonds. The molecule has 4 nitrogen and oxygen atoms in total. The fourth-order valence-corrected chi connectivity index (χ4v) is 1.92. The summed E-state index contributed by atoms with van der Waals surface area (Å²) in [5, 5.41) is 1.04. The van der Waals surface area contributed by atoms with Crippen molar-refractivity contribution in [1.82, 2.24) is 0 Å². The summed E-state index contributed by atoms with van der Waals surface area (Å²) in [6.45, 7) is 5.98. The molecule has 0 aliphatic carbocycles. The predicted octanol–water partition coefficient (Wildman–Crippen LogP) is 3.73. The molecule has 1 atom stereocenters. The van der Waals surface area contributed by atoms with Crippen molar-refractivity contribution >= 4 is 41.0 Å². The molecule has 1 aliphatic rings. The molecule has 6 heteroatoms. The Morgan fingerprint density at radius 2 is 2.14 bits per heavy atom. The first-order valence-electron chi connectivity index (χ1n) is 6.56. The number of hydrogen-bond acceptors (Lipinski definition) is 4. The van der Waals surface area contributed by atoms with Crippen molar-refractivity contribution in [3.63, 3.8) is 0 Å². The molecule has 0 saturated carbocycles. The molecule has 0 radical (unpaired) electrons. The maximum absolute atomic E-state index is 10.5. The first-order valence-corrected chi connectivity index (χ1v) is 7.31. The molecule has 0 spiro atoms. The van der Waals surface area contributed by atoms with E-state index in [0.29, 0.717) is 22.2 Å². The van der Waals surface area contributed by atoms with Crippen LogP contribution in [0.3, 0.4) is 0 Å². The third-order valence-corrected chi connectivity index (χ3v) is 3.76. The lowest BCUT2D eigenvalue weighted by molar-refractivity contribution is -0.135. The highest BCUT2D eigenvalue weighted by Crippen LogP contribution is 2.25. The number of benzene rings is 1. The number of carbonyl (C=O) groups excluding carboxylic acids is 1. The van der Waals surface area contributed by atoms with E-state index in [0.717, 1.165) is 11.1 Å². The molecule has 1 heterocycles. The first-order chi connectivity index (χ1) is 10.4. The molecule has 1 aromatic carbocycles. The molecule has 2 N–H and O–H groups in total. The zero-order valence-electron chi connectivity index (χ0n) is 12.5. The van der Waals surface area contributed by atoms with Crippen LogP contribution in [0.1, 0.15) is 12.5 Å². The molecule has 1 saturated heterocycles. The summed E-state index contributed by atoms with van der Waals surface area (Å²) in [6.07, 6.45) is 3.14. The Morgan fingerprint density at radius 3 is 2.50 bits per heavy atom. The Balaban J connectivity index is 0.000000255. The highest BCUT2D eigenvalue weighted by atomic mass is 35.5. The summed E-state index contributed by atoms with van der Waals surface area (Å²) < 4.78 is 4.64. The third-order valence-electron chi connectivity index (χ3n) is 3.02. The molecule has 1 aliphatic heterocycles. The van der Waals surface area contributed by atoms with E-state index in [1.807, 2.05) is 13.0 Å². The topological polar surface area (TPSA) is 64.7 Å². The molecule has 1 aromatic rings. The van der Waals surface area contributed by atoms with Crippen LogP contribution >= 0.6 is 23.2 Å². The second kappa shape index (κ2) is 8.61. The highest BCUT2D eigenvalue weighted by Gasteiger charge is 2.23. The van der Waals surface area contributed by atoms with Crippen LogP contribution < -0.4 is 5.73 Å². The summed E-state index contributed by atoms with van der Waals surface area (Å²) in [5.74, 6) is -0.0139. The van der Waals surface area contributed by atoms with E-state index < -0.39 is 0 Å². The van der Waals surface area contributed by atoms with Crippen molar-refractivity contribution in [2.45, 2.75) is 6.92 Å². The standard InChI is InChI=1S/C10H10Cl2N2.C6H8O2/c1-14-6-8(5-13)7-2-3-9(11)10(12)4-7;1-4-3-8-6(7)5(4)2/h2-6H,13H2,1H3;4H,2-3H2,1H3/b8-5+,14-6?;. The minimum Gasteiger partial charge on any atom is -0.462 e. The third kappa shape index (κ3) is 4.90. The van der Waals surface area contributed by atoms with Crippen LogP contribution in [0.5, 0.6) is 0 Å². The number of rotatable bonds is 2. The normalized spacial score (nSPS) is 18.2. The monoisotopic (exact) mass is 340 g/mol. The SMILES string of the molecule is C=C1C(=O)OCC1C.CN=C/C(=C\N)c1ccc(Cl)c(Cl)c1. The van der Waals surface area contributed by atoms with Crippen LogP contribution in [0.25, 0.3) is 5.57 Å². The molecule has 0 bridgehead atoms. The Bertz CT molecular complexity index is 625. The number of ether oxygens (including phenoxy) is 1. The number of cyclic esters (lactones) is 1. The lowest BCUT2D eigenvalue weighted by Gasteiger charge is -2.02. The zero-order valence-corrected chi connectivity index (χ0v) is 14.0. The van der Waals surface area contributed by atoms with Crippen LogP contribution in [0.2, 0.25) is 10.0 Å². The quantitative estimate of drug-likeness (QED) is 0.506. The fraction of sp³-hybridized carbons (Fsp3) is 0.250. The van der Waals surface area contributed by atoms with Crippen LogP contribution in [-0.2, 0) is 9.53 Å². The number of carbonyl (C=O) groups is 1. The van der Waals surface area contributed by atoms with Gasteiger partial charge in [-0.25, -0.2) is 4.79 Å². The zero-order chi connectivity index (χ0) is 16.7. The van der Waals surface area contributed by atoms with Crippen molar-refractivity contribution in [2.24, 2.45) is 16.6 Å². The number of nitrogens with zero attached hydrogens (tertiary/aromatic N) is 1. The summed E-state index contributed by atoms with van der Waals surface area (Å²) in [4.78, 5) is 14.3. The summed E-state index contributed by atoms with van der Waals surface area (Å²) >= 11 is 11.7. The maximum atomic E-state index is 10.5. The molecular formula is C16H18Cl2N2O2. The van der Waals surface area contributed by atoms with Gasteiger partial charge in [0.1, 0.15) is 0 Å². The molecule has 1 fully saturated rings. The minimum absolute atomic E-state index is 0.225. The van der Waals surface area contributed by atoms with Crippen LogP contribution in [0, 0.1) is 5.92 Å². The first kappa shape index (κ1) is 18.3. The molecule has 118 valence electrons. The van der Waals surface area contributed by atoms with Gasteiger partial charge < -0.3 is 10.5 Å². The van der Waals surface area contributed by atoms with E-state index in [4.69, 9.17) is 28.9 Å². The lowest BCUT2D eigenvalue weighted by Crippen LogP contribution is -1.95. The van der Waals surface area contributed by atoms with Crippen molar-refractivity contribution in [3.8, 4) is 0 Å². The number of nitrogens with two attached hydrogens (primary N) is 1. The molecule has 2 rings (SSSR count). The average Bonchev–Trinajstić information content (AvgIpc) is 2.79. The van der Waals surface area contributed by atoms with Gasteiger partial charge in [0.15, 0.2) is 0 Å². The van der Waals surface area contributed by atoms with Gasteiger partial charge in [-0.1, -0.05) is 42.8 Å². The van der Waals surface area contributed by atoms with E-state index >= 15 is 0 Å². The van der Waals surface area contributed by atoms with Gasteiger partial charge in [-0.05, 0) is 17.7 Å². The van der Waals surface area contributed by atoms with E-state index in [1.165, 1.54) is 6.20 Å². The fourth-order valence-electron chi connectivity index (χ4n) is 1.62. The molecular weight excluding hydrogens is 323 g/mol. The number of esters is 1. The number of halogens is 2. The maximum Gasteiger partial charge on any atom is 0.333 e. The largest absolute Gasteiger partial charge is 0.462 e.